The number of piperidine rings is 1. The summed E-state index contributed by atoms with van der Waals surface area (Å²) in [6, 6.07) is 13.7. The number of nitrogens with zero attached hydrogens (tertiary/aromatic N) is 2. The van der Waals surface area contributed by atoms with Gasteiger partial charge in [-0.3, -0.25) is 19.4 Å². The fraction of sp³-hybridized carbons (Fsp3) is 0.360. The van der Waals surface area contributed by atoms with E-state index in [2.05, 4.69) is 32.4 Å². The first-order valence-corrected chi connectivity index (χ1v) is 11.5. The van der Waals surface area contributed by atoms with E-state index in [0.29, 0.717) is 17.7 Å². The molecule has 3 aromatic rings. The maximum Gasteiger partial charge on any atom is 0.258 e. The standard InChI is InChI=1S/C25H27N5O3/c1-2-16-10-5-6-13-30(16)25-28-22-21(24(33)29-25)18(14-20(31)27-22)23(32)26-19-12-7-9-15-8-3-4-11-17(15)19/h3-4,7-9,11-12,16,18H,2,5-6,10,13-14H2,1H3,(H,26,32)(H2,27,28,29,31,33)/t16-,18-/m1/s1. The van der Waals surface area contributed by atoms with Crippen LogP contribution in [0, 0.1) is 0 Å². The molecule has 1 fully saturated rings. The van der Waals surface area contributed by atoms with Gasteiger partial charge in [0.15, 0.2) is 0 Å². The largest absolute Gasteiger partial charge is 0.339 e. The van der Waals surface area contributed by atoms with E-state index in [9.17, 15) is 14.4 Å². The van der Waals surface area contributed by atoms with Crippen molar-refractivity contribution in [2.45, 2.75) is 51.0 Å². The number of fused-ring (bicyclic) bond motifs is 2. The third kappa shape index (κ3) is 3.97. The zero-order valence-corrected chi connectivity index (χ0v) is 18.6. The summed E-state index contributed by atoms with van der Waals surface area (Å²) in [6.45, 7) is 2.92. The molecule has 0 aliphatic carbocycles. The van der Waals surface area contributed by atoms with Crippen molar-refractivity contribution in [3.05, 3.63) is 58.4 Å². The highest BCUT2D eigenvalue weighted by Gasteiger charge is 2.36. The van der Waals surface area contributed by atoms with Crippen LogP contribution in [0.4, 0.5) is 17.5 Å². The Morgan fingerprint density at radius 1 is 1.15 bits per heavy atom. The Kier molecular flexibility index (Phi) is 5.58. The lowest BCUT2D eigenvalue weighted by molar-refractivity contribution is -0.123. The number of hydrogen-bond donors (Lipinski definition) is 3. The minimum Gasteiger partial charge on any atom is -0.339 e. The van der Waals surface area contributed by atoms with Gasteiger partial charge in [0.25, 0.3) is 5.56 Å². The van der Waals surface area contributed by atoms with Crippen LogP contribution < -0.4 is 21.1 Å². The quantitative estimate of drug-likeness (QED) is 0.567. The summed E-state index contributed by atoms with van der Waals surface area (Å²) in [5, 5.41) is 7.53. The maximum absolute atomic E-state index is 13.3. The van der Waals surface area contributed by atoms with Gasteiger partial charge in [0.05, 0.1) is 11.5 Å². The topological polar surface area (TPSA) is 107 Å². The van der Waals surface area contributed by atoms with Crippen molar-refractivity contribution in [3.8, 4) is 0 Å². The van der Waals surface area contributed by atoms with Gasteiger partial charge in [-0.15, -0.1) is 0 Å². The van der Waals surface area contributed by atoms with Crippen LogP contribution in [0.2, 0.25) is 0 Å². The van der Waals surface area contributed by atoms with E-state index in [4.69, 9.17) is 0 Å². The normalized spacial score (nSPS) is 20.3. The third-order valence-electron chi connectivity index (χ3n) is 6.67. The summed E-state index contributed by atoms with van der Waals surface area (Å²) >= 11 is 0. The molecule has 3 heterocycles. The van der Waals surface area contributed by atoms with Gasteiger partial charge < -0.3 is 15.5 Å². The molecule has 0 saturated carbocycles. The van der Waals surface area contributed by atoms with Crippen LogP contribution >= 0.6 is 0 Å². The number of carbonyl (C=O) groups is 2. The molecule has 2 amide bonds. The molecule has 0 unspecified atom stereocenters. The number of hydrogen-bond acceptors (Lipinski definition) is 5. The Morgan fingerprint density at radius 3 is 2.82 bits per heavy atom. The minimum absolute atomic E-state index is 0.102. The average molecular weight is 446 g/mol. The molecule has 1 saturated heterocycles. The van der Waals surface area contributed by atoms with Gasteiger partial charge in [-0.25, -0.2) is 0 Å². The lowest BCUT2D eigenvalue weighted by Gasteiger charge is -2.36. The number of carbonyl (C=O) groups excluding carboxylic acids is 2. The Morgan fingerprint density at radius 2 is 1.97 bits per heavy atom. The molecule has 8 heteroatoms. The van der Waals surface area contributed by atoms with Crippen LogP contribution in [0.25, 0.3) is 10.8 Å². The van der Waals surface area contributed by atoms with E-state index in [0.717, 1.165) is 43.0 Å². The van der Waals surface area contributed by atoms with E-state index in [-0.39, 0.29) is 29.3 Å². The van der Waals surface area contributed by atoms with Crippen molar-refractivity contribution < 1.29 is 9.59 Å². The van der Waals surface area contributed by atoms with Crippen molar-refractivity contribution in [1.82, 2.24) is 9.97 Å². The van der Waals surface area contributed by atoms with Crippen LogP contribution in [0.3, 0.4) is 0 Å². The molecular weight excluding hydrogens is 418 g/mol. The summed E-state index contributed by atoms with van der Waals surface area (Å²) in [5.41, 5.74) is 0.473. The van der Waals surface area contributed by atoms with Crippen LogP contribution in [-0.4, -0.2) is 34.4 Å². The number of nitrogens with one attached hydrogen (secondary N) is 3. The molecule has 1 aromatic heterocycles. The maximum atomic E-state index is 13.3. The number of benzene rings is 2. The molecule has 170 valence electrons. The SMILES string of the molecule is CC[C@@H]1CCCCN1c1nc2c(c(=O)[nH]1)[C@H](C(=O)Nc1cccc3ccccc13)CC(=O)N2. The van der Waals surface area contributed by atoms with Gasteiger partial charge >= 0.3 is 0 Å². The Balaban J connectivity index is 1.49. The number of anilines is 3. The molecule has 0 radical (unpaired) electrons. The smallest absolute Gasteiger partial charge is 0.258 e. The second kappa shape index (κ2) is 8.69. The van der Waals surface area contributed by atoms with Crippen molar-refractivity contribution in [1.29, 1.82) is 0 Å². The van der Waals surface area contributed by atoms with E-state index in [1.165, 1.54) is 0 Å². The van der Waals surface area contributed by atoms with Gasteiger partial charge in [-0.05, 0) is 37.1 Å². The monoisotopic (exact) mass is 445 g/mol. The van der Waals surface area contributed by atoms with Gasteiger partial charge in [-0.2, -0.15) is 4.98 Å². The lowest BCUT2D eigenvalue weighted by atomic mass is 9.92. The number of aromatic nitrogens is 2. The molecular formula is C25H27N5O3. The number of amides is 2. The first-order chi connectivity index (χ1) is 16.0. The molecule has 2 atom stereocenters. The summed E-state index contributed by atoms with van der Waals surface area (Å²) < 4.78 is 0. The molecule has 8 nitrogen and oxygen atoms in total. The van der Waals surface area contributed by atoms with Crippen LogP contribution in [0.5, 0.6) is 0 Å². The third-order valence-corrected chi connectivity index (χ3v) is 6.67. The zero-order valence-electron chi connectivity index (χ0n) is 18.6. The molecule has 0 spiro atoms. The van der Waals surface area contributed by atoms with Crippen LogP contribution in [-0.2, 0) is 9.59 Å². The van der Waals surface area contributed by atoms with E-state index >= 15 is 0 Å². The molecule has 2 aliphatic heterocycles. The van der Waals surface area contributed by atoms with E-state index in [1.807, 2.05) is 42.5 Å². The second-order valence-corrected chi connectivity index (χ2v) is 8.72. The number of rotatable bonds is 4. The molecule has 33 heavy (non-hydrogen) atoms. The van der Waals surface area contributed by atoms with Gasteiger partial charge in [0, 0.05) is 30.1 Å². The average Bonchev–Trinajstić information content (AvgIpc) is 2.83. The highest BCUT2D eigenvalue weighted by Crippen LogP contribution is 2.32. The number of aromatic amines is 1. The number of H-pyrrole nitrogens is 1. The molecule has 2 aromatic carbocycles. The van der Waals surface area contributed by atoms with Gasteiger partial charge in [-0.1, -0.05) is 43.3 Å². The Bertz CT molecular complexity index is 1280. The van der Waals surface area contributed by atoms with Crippen LogP contribution in [0.1, 0.15) is 50.5 Å². The molecule has 0 bridgehead atoms. The zero-order chi connectivity index (χ0) is 22.9. The first-order valence-electron chi connectivity index (χ1n) is 11.5. The predicted octanol–water partition coefficient (Wildman–Crippen LogP) is 3.76. The van der Waals surface area contributed by atoms with Crippen molar-refractivity contribution in [3.63, 3.8) is 0 Å². The highest BCUT2D eigenvalue weighted by atomic mass is 16.2. The fourth-order valence-corrected chi connectivity index (χ4v) is 4.98. The summed E-state index contributed by atoms with van der Waals surface area (Å²) in [5.74, 6) is -0.993. The fourth-order valence-electron chi connectivity index (χ4n) is 4.98. The lowest BCUT2D eigenvalue weighted by Crippen LogP contribution is -2.43. The highest BCUT2D eigenvalue weighted by molar-refractivity contribution is 6.08. The van der Waals surface area contributed by atoms with Crippen molar-refractivity contribution in [2.24, 2.45) is 0 Å². The molecule has 5 rings (SSSR count). The van der Waals surface area contributed by atoms with Crippen LogP contribution in [0.15, 0.2) is 47.3 Å². The summed E-state index contributed by atoms with van der Waals surface area (Å²) in [7, 11) is 0. The predicted molar refractivity (Wildman–Crippen MR) is 129 cm³/mol. The molecule has 3 N–H and O–H groups in total. The summed E-state index contributed by atoms with van der Waals surface area (Å²) in [6.07, 6.45) is 4.06. The first kappa shape index (κ1) is 21.2. The summed E-state index contributed by atoms with van der Waals surface area (Å²) in [4.78, 5) is 48.5. The van der Waals surface area contributed by atoms with Gasteiger partial charge in [0.2, 0.25) is 17.8 Å². The minimum atomic E-state index is -0.915. The van der Waals surface area contributed by atoms with Gasteiger partial charge in [0.1, 0.15) is 5.82 Å². The van der Waals surface area contributed by atoms with Crippen molar-refractivity contribution in [2.75, 3.05) is 22.1 Å². The molecule has 2 aliphatic rings. The van der Waals surface area contributed by atoms with E-state index < -0.39 is 11.8 Å². The van der Waals surface area contributed by atoms with E-state index in [1.54, 1.807) is 0 Å². The van der Waals surface area contributed by atoms with Crippen molar-refractivity contribution >= 4 is 40.0 Å². The Labute approximate surface area is 191 Å². The second-order valence-electron chi connectivity index (χ2n) is 8.72. The Hall–Kier alpha value is -3.68.